The minimum atomic E-state index is -0.0312. The highest BCUT2D eigenvalue weighted by atomic mass is 16.5. The fraction of sp³-hybridized carbons (Fsp3) is 0.458. The topological polar surface area (TPSA) is 73.4 Å². The minimum Gasteiger partial charge on any atom is -0.494 e. The molecule has 1 aliphatic rings. The maximum Gasteiger partial charge on any atom is 0.227 e. The van der Waals surface area contributed by atoms with Crippen molar-refractivity contribution in [2.24, 2.45) is 7.05 Å². The third kappa shape index (κ3) is 4.22. The average Bonchev–Trinajstić information content (AvgIpc) is 3.31. The Hall–Kier alpha value is -3.09. The summed E-state index contributed by atoms with van der Waals surface area (Å²) in [6.45, 7) is 7.28. The number of carbonyl (C=O) groups excluding carboxylic acids is 1. The molecule has 164 valence electrons. The van der Waals surface area contributed by atoms with Crippen molar-refractivity contribution in [3.05, 3.63) is 53.0 Å². The van der Waals surface area contributed by atoms with Gasteiger partial charge in [0.15, 0.2) is 5.76 Å². The maximum absolute atomic E-state index is 13.3. The second-order valence-corrected chi connectivity index (χ2v) is 8.14. The van der Waals surface area contributed by atoms with Crippen LogP contribution in [0, 0.1) is 13.8 Å². The van der Waals surface area contributed by atoms with Crippen LogP contribution in [0.4, 0.5) is 0 Å². The molecule has 0 unspecified atom stereocenters. The van der Waals surface area contributed by atoms with Crippen molar-refractivity contribution in [2.45, 2.75) is 52.5 Å². The lowest BCUT2D eigenvalue weighted by Crippen LogP contribution is -2.40. The molecule has 0 spiro atoms. The summed E-state index contributed by atoms with van der Waals surface area (Å²) >= 11 is 0. The van der Waals surface area contributed by atoms with Crippen molar-refractivity contribution < 1.29 is 14.1 Å². The number of ether oxygens (including phenoxy) is 1. The molecule has 3 aromatic rings. The largest absolute Gasteiger partial charge is 0.494 e. The van der Waals surface area contributed by atoms with E-state index < -0.39 is 0 Å². The number of hydrogen-bond acceptors (Lipinski definition) is 5. The van der Waals surface area contributed by atoms with Gasteiger partial charge in [-0.25, -0.2) is 0 Å². The number of aromatic nitrogens is 3. The van der Waals surface area contributed by atoms with E-state index in [1.54, 1.807) is 0 Å². The number of aryl methyl sites for hydroxylation is 2. The standard InChI is InChI=1S/C24H30N4O3/c1-5-30-19-11-9-18(10-12-19)14-22(29)28-13-7-6-8-21(28)23-20(15-25-27(23)4)24-16(2)17(3)26-31-24/h9-12,15,21H,5-8,13-14H2,1-4H3/t21-/m1/s1. The molecule has 0 N–H and O–H groups in total. The van der Waals surface area contributed by atoms with Crippen LogP contribution in [0.2, 0.25) is 0 Å². The summed E-state index contributed by atoms with van der Waals surface area (Å²) in [5, 5.41) is 8.62. The summed E-state index contributed by atoms with van der Waals surface area (Å²) in [6, 6.07) is 7.76. The zero-order valence-corrected chi connectivity index (χ0v) is 18.7. The molecule has 31 heavy (non-hydrogen) atoms. The highest BCUT2D eigenvalue weighted by Gasteiger charge is 2.33. The van der Waals surface area contributed by atoms with Gasteiger partial charge in [-0.05, 0) is 57.7 Å². The van der Waals surface area contributed by atoms with Crippen LogP contribution in [0.25, 0.3) is 11.3 Å². The number of amides is 1. The van der Waals surface area contributed by atoms with Crippen molar-refractivity contribution in [1.29, 1.82) is 0 Å². The first kappa shape index (κ1) is 21.2. The van der Waals surface area contributed by atoms with E-state index >= 15 is 0 Å². The molecular formula is C24H30N4O3. The number of rotatable bonds is 6. The highest BCUT2D eigenvalue weighted by molar-refractivity contribution is 5.80. The first-order valence-corrected chi connectivity index (χ1v) is 11.0. The van der Waals surface area contributed by atoms with E-state index in [-0.39, 0.29) is 11.9 Å². The molecule has 1 aliphatic heterocycles. The molecule has 7 nitrogen and oxygen atoms in total. The smallest absolute Gasteiger partial charge is 0.227 e. The summed E-state index contributed by atoms with van der Waals surface area (Å²) in [5.74, 6) is 1.70. The van der Waals surface area contributed by atoms with E-state index in [0.717, 1.165) is 65.4 Å². The zero-order chi connectivity index (χ0) is 22.0. The van der Waals surface area contributed by atoms with Gasteiger partial charge in [0.2, 0.25) is 5.91 Å². The fourth-order valence-electron chi connectivity index (χ4n) is 4.34. The third-order valence-corrected chi connectivity index (χ3v) is 6.11. The molecule has 1 amide bonds. The Bertz CT molecular complexity index is 1050. The predicted molar refractivity (Wildman–Crippen MR) is 118 cm³/mol. The molecule has 3 heterocycles. The van der Waals surface area contributed by atoms with Crippen LogP contribution in [0.5, 0.6) is 5.75 Å². The molecule has 0 aliphatic carbocycles. The molecule has 1 saturated heterocycles. The Balaban J connectivity index is 1.60. The van der Waals surface area contributed by atoms with Gasteiger partial charge in [0.25, 0.3) is 0 Å². The minimum absolute atomic E-state index is 0.0312. The van der Waals surface area contributed by atoms with E-state index in [1.165, 1.54) is 0 Å². The Kier molecular flexibility index (Phi) is 6.11. The molecular weight excluding hydrogens is 392 g/mol. The zero-order valence-electron chi connectivity index (χ0n) is 18.7. The maximum atomic E-state index is 13.3. The Morgan fingerprint density at radius 1 is 1.23 bits per heavy atom. The van der Waals surface area contributed by atoms with Crippen molar-refractivity contribution in [1.82, 2.24) is 19.8 Å². The predicted octanol–water partition coefficient (Wildman–Crippen LogP) is 4.39. The van der Waals surface area contributed by atoms with Crippen LogP contribution in [0.3, 0.4) is 0 Å². The van der Waals surface area contributed by atoms with Gasteiger partial charge in [0, 0.05) is 19.2 Å². The number of nitrogens with zero attached hydrogens (tertiary/aromatic N) is 4. The normalized spacial score (nSPS) is 16.5. The molecule has 2 aromatic heterocycles. The molecule has 7 heteroatoms. The average molecular weight is 423 g/mol. The summed E-state index contributed by atoms with van der Waals surface area (Å²) in [5.41, 5.74) is 4.81. The molecule has 4 rings (SSSR count). The fourth-order valence-corrected chi connectivity index (χ4v) is 4.34. The van der Waals surface area contributed by atoms with Gasteiger partial charge in [-0.15, -0.1) is 0 Å². The molecule has 0 saturated carbocycles. The number of piperidine rings is 1. The van der Waals surface area contributed by atoms with Gasteiger partial charge in [-0.3, -0.25) is 9.48 Å². The van der Waals surface area contributed by atoms with E-state index in [4.69, 9.17) is 9.26 Å². The van der Waals surface area contributed by atoms with Crippen LogP contribution in [0.15, 0.2) is 35.0 Å². The van der Waals surface area contributed by atoms with Crippen molar-refractivity contribution >= 4 is 5.91 Å². The first-order valence-electron chi connectivity index (χ1n) is 11.0. The van der Waals surface area contributed by atoms with Crippen molar-refractivity contribution in [3.63, 3.8) is 0 Å². The van der Waals surface area contributed by atoms with E-state index in [2.05, 4.69) is 10.3 Å². The van der Waals surface area contributed by atoms with Crippen molar-refractivity contribution in [2.75, 3.05) is 13.2 Å². The van der Waals surface area contributed by atoms with Crippen LogP contribution in [-0.2, 0) is 18.3 Å². The lowest BCUT2D eigenvalue weighted by atomic mass is 9.94. The van der Waals surface area contributed by atoms with Gasteiger partial charge in [-0.1, -0.05) is 17.3 Å². The van der Waals surface area contributed by atoms with Crippen molar-refractivity contribution in [3.8, 4) is 17.1 Å². The molecule has 1 atom stereocenters. The lowest BCUT2D eigenvalue weighted by molar-refractivity contribution is -0.134. The van der Waals surface area contributed by atoms with Gasteiger partial charge >= 0.3 is 0 Å². The second kappa shape index (κ2) is 8.96. The molecule has 0 bridgehead atoms. The van der Waals surface area contributed by atoms with Crippen LogP contribution in [-0.4, -0.2) is 38.9 Å². The number of carbonyl (C=O) groups is 1. The third-order valence-electron chi connectivity index (χ3n) is 6.11. The van der Waals surface area contributed by atoms with Crippen LogP contribution in [0.1, 0.15) is 54.7 Å². The molecule has 0 radical (unpaired) electrons. The van der Waals surface area contributed by atoms with Gasteiger partial charge < -0.3 is 14.2 Å². The number of benzene rings is 1. The SMILES string of the molecule is CCOc1ccc(CC(=O)N2CCCC[C@@H]2c2c(-c3onc(C)c3C)cnn2C)cc1. The van der Waals surface area contributed by atoms with Gasteiger partial charge in [0.1, 0.15) is 5.75 Å². The van der Waals surface area contributed by atoms with Crippen LogP contribution < -0.4 is 4.74 Å². The Morgan fingerprint density at radius 2 is 2.00 bits per heavy atom. The Morgan fingerprint density at radius 3 is 2.68 bits per heavy atom. The van der Waals surface area contributed by atoms with E-state index in [9.17, 15) is 4.79 Å². The second-order valence-electron chi connectivity index (χ2n) is 8.14. The quantitative estimate of drug-likeness (QED) is 0.589. The summed E-state index contributed by atoms with van der Waals surface area (Å²) < 4.78 is 13.0. The molecule has 1 aromatic carbocycles. The lowest BCUT2D eigenvalue weighted by Gasteiger charge is -2.36. The number of hydrogen-bond donors (Lipinski definition) is 0. The first-order chi connectivity index (χ1) is 15.0. The highest BCUT2D eigenvalue weighted by Crippen LogP contribution is 2.38. The summed E-state index contributed by atoms with van der Waals surface area (Å²) in [4.78, 5) is 15.4. The van der Waals surface area contributed by atoms with Gasteiger partial charge in [-0.2, -0.15) is 5.10 Å². The van der Waals surface area contributed by atoms with E-state index in [1.807, 2.05) is 67.9 Å². The van der Waals surface area contributed by atoms with E-state index in [0.29, 0.717) is 13.0 Å². The van der Waals surface area contributed by atoms with Crippen LogP contribution >= 0.6 is 0 Å². The Labute approximate surface area is 183 Å². The molecule has 1 fully saturated rings. The number of likely N-dealkylation sites (tertiary alicyclic amines) is 1. The monoisotopic (exact) mass is 422 g/mol. The summed E-state index contributed by atoms with van der Waals surface area (Å²) in [6.07, 6.45) is 5.20. The summed E-state index contributed by atoms with van der Waals surface area (Å²) in [7, 11) is 1.93. The van der Waals surface area contributed by atoms with Gasteiger partial charge in [0.05, 0.1) is 42.2 Å².